The highest BCUT2D eigenvalue weighted by molar-refractivity contribution is 4.98. The zero-order chi connectivity index (χ0) is 15.5. The van der Waals surface area contributed by atoms with E-state index >= 15 is 0 Å². The predicted molar refractivity (Wildman–Crippen MR) is 87.0 cm³/mol. The van der Waals surface area contributed by atoms with Crippen molar-refractivity contribution in [3.8, 4) is 0 Å². The van der Waals surface area contributed by atoms with Crippen LogP contribution in [-0.2, 0) is 13.5 Å². The second kappa shape index (κ2) is 6.91. The minimum Gasteiger partial charge on any atom is -0.317 e. The first kappa shape index (κ1) is 16.5. The number of nitrogens with one attached hydrogen (secondary N) is 1. The van der Waals surface area contributed by atoms with Crippen molar-refractivity contribution >= 4 is 0 Å². The molecular formula is C17H32N4. The van der Waals surface area contributed by atoms with Gasteiger partial charge in [-0.1, -0.05) is 32.9 Å². The molecular weight excluding hydrogens is 260 g/mol. The minimum atomic E-state index is 0.420. The molecule has 0 radical (unpaired) electrons. The molecule has 0 amide bonds. The molecule has 21 heavy (non-hydrogen) atoms. The van der Waals surface area contributed by atoms with Gasteiger partial charge in [-0.05, 0) is 61.9 Å². The third kappa shape index (κ3) is 4.53. The van der Waals surface area contributed by atoms with Crippen LogP contribution in [0.3, 0.4) is 0 Å². The number of aryl methyl sites for hydroxylation is 1. The standard InChI is InChI=1S/C17H32N4/c1-6-18-11-13-7-8-15(17(2,3)4)9-14(13)10-16-12-21(5)20-19-16/h12-15,18H,6-11H2,1-5H3. The van der Waals surface area contributed by atoms with Crippen LogP contribution in [0.4, 0.5) is 0 Å². The molecule has 0 saturated heterocycles. The Bertz CT molecular complexity index is 432. The van der Waals surface area contributed by atoms with Gasteiger partial charge in [-0.25, -0.2) is 0 Å². The van der Waals surface area contributed by atoms with Gasteiger partial charge >= 0.3 is 0 Å². The molecule has 0 aromatic carbocycles. The Balaban J connectivity index is 2.05. The van der Waals surface area contributed by atoms with Gasteiger partial charge in [0, 0.05) is 13.2 Å². The maximum atomic E-state index is 4.30. The van der Waals surface area contributed by atoms with Crippen LogP contribution >= 0.6 is 0 Å². The fourth-order valence-corrected chi connectivity index (χ4v) is 3.72. The second-order valence-electron chi connectivity index (χ2n) is 7.79. The third-order valence-corrected chi connectivity index (χ3v) is 5.14. The van der Waals surface area contributed by atoms with E-state index in [0.717, 1.165) is 43.0 Å². The van der Waals surface area contributed by atoms with Gasteiger partial charge in [-0.2, -0.15) is 0 Å². The third-order valence-electron chi connectivity index (χ3n) is 5.14. The average Bonchev–Trinajstić information content (AvgIpc) is 2.81. The van der Waals surface area contributed by atoms with E-state index in [1.165, 1.54) is 19.3 Å². The van der Waals surface area contributed by atoms with Gasteiger partial charge in [0.05, 0.1) is 5.69 Å². The summed E-state index contributed by atoms with van der Waals surface area (Å²) in [4.78, 5) is 0. The summed E-state index contributed by atoms with van der Waals surface area (Å²) in [5, 5.41) is 11.9. The summed E-state index contributed by atoms with van der Waals surface area (Å²) in [5.41, 5.74) is 1.57. The van der Waals surface area contributed by atoms with Crippen LogP contribution in [0.5, 0.6) is 0 Å². The molecule has 2 rings (SSSR count). The first-order valence-corrected chi connectivity index (χ1v) is 8.46. The lowest BCUT2D eigenvalue weighted by molar-refractivity contribution is 0.0968. The van der Waals surface area contributed by atoms with E-state index in [0.29, 0.717) is 5.41 Å². The molecule has 1 saturated carbocycles. The number of hydrogen-bond acceptors (Lipinski definition) is 3. The van der Waals surface area contributed by atoms with E-state index in [-0.39, 0.29) is 0 Å². The van der Waals surface area contributed by atoms with Crippen molar-refractivity contribution in [2.24, 2.45) is 30.2 Å². The van der Waals surface area contributed by atoms with Gasteiger partial charge in [0.25, 0.3) is 0 Å². The maximum absolute atomic E-state index is 4.30. The Kier molecular flexibility index (Phi) is 5.42. The van der Waals surface area contributed by atoms with Crippen LogP contribution < -0.4 is 5.32 Å². The number of rotatable bonds is 5. The fraction of sp³-hybridized carbons (Fsp3) is 0.882. The zero-order valence-electron chi connectivity index (χ0n) is 14.4. The molecule has 3 atom stereocenters. The molecule has 3 unspecified atom stereocenters. The zero-order valence-corrected chi connectivity index (χ0v) is 14.4. The topological polar surface area (TPSA) is 42.7 Å². The fourth-order valence-electron chi connectivity index (χ4n) is 3.72. The van der Waals surface area contributed by atoms with Crippen LogP contribution in [0, 0.1) is 23.2 Å². The van der Waals surface area contributed by atoms with E-state index in [9.17, 15) is 0 Å². The molecule has 1 aliphatic rings. The molecule has 0 bridgehead atoms. The highest BCUT2D eigenvalue weighted by Crippen LogP contribution is 2.43. The summed E-state index contributed by atoms with van der Waals surface area (Å²) in [7, 11) is 1.95. The summed E-state index contributed by atoms with van der Waals surface area (Å²) in [6.45, 7) is 11.6. The Morgan fingerprint density at radius 2 is 2.05 bits per heavy atom. The molecule has 4 heteroatoms. The Morgan fingerprint density at radius 1 is 1.29 bits per heavy atom. The lowest BCUT2D eigenvalue weighted by Gasteiger charge is -2.42. The first-order valence-electron chi connectivity index (χ1n) is 8.46. The van der Waals surface area contributed by atoms with Crippen molar-refractivity contribution in [3.05, 3.63) is 11.9 Å². The summed E-state index contributed by atoms with van der Waals surface area (Å²) >= 11 is 0. The van der Waals surface area contributed by atoms with Crippen molar-refractivity contribution in [2.75, 3.05) is 13.1 Å². The summed E-state index contributed by atoms with van der Waals surface area (Å²) < 4.78 is 1.82. The number of hydrogen-bond donors (Lipinski definition) is 1. The van der Waals surface area contributed by atoms with Crippen molar-refractivity contribution < 1.29 is 0 Å². The molecule has 1 aromatic rings. The van der Waals surface area contributed by atoms with Gasteiger partial charge in [0.2, 0.25) is 0 Å². The second-order valence-corrected chi connectivity index (χ2v) is 7.79. The van der Waals surface area contributed by atoms with Gasteiger partial charge in [-0.3, -0.25) is 4.68 Å². The predicted octanol–water partition coefficient (Wildman–Crippen LogP) is 3.05. The van der Waals surface area contributed by atoms with Crippen LogP contribution in [0.2, 0.25) is 0 Å². The van der Waals surface area contributed by atoms with Gasteiger partial charge in [0.1, 0.15) is 0 Å². The van der Waals surface area contributed by atoms with Crippen molar-refractivity contribution in [3.63, 3.8) is 0 Å². The van der Waals surface area contributed by atoms with E-state index in [1.807, 2.05) is 11.7 Å². The van der Waals surface area contributed by atoms with Crippen molar-refractivity contribution in [1.29, 1.82) is 0 Å². The van der Waals surface area contributed by atoms with Crippen LogP contribution in [-0.4, -0.2) is 28.1 Å². The maximum Gasteiger partial charge on any atom is 0.0829 e. The molecule has 0 aliphatic heterocycles. The van der Waals surface area contributed by atoms with Gasteiger partial charge < -0.3 is 5.32 Å². The largest absolute Gasteiger partial charge is 0.317 e. The Hall–Kier alpha value is -0.900. The average molecular weight is 292 g/mol. The Labute approximate surface area is 129 Å². The molecule has 1 aliphatic carbocycles. The molecule has 4 nitrogen and oxygen atoms in total. The number of nitrogens with zero attached hydrogens (tertiary/aromatic N) is 3. The van der Waals surface area contributed by atoms with Crippen LogP contribution in [0.15, 0.2) is 6.20 Å². The quantitative estimate of drug-likeness (QED) is 0.907. The smallest absolute Gasteiger partial charge is 0.0829 e. The van der Waals surface area contributed by atoms with E-state index in [4.69, 9.17) is 0 Å². The lowest BCUT2D eigenvalue weighted by Crippen LogP contribution is -2.37. The Morgan fingerprint density at radius 3 is 2.62 bits per heavy atom. The highest BCUT2D eigenvalue weighted by atomic mass is 15.4. The van der Waals surface area contributed by atoms with Crippen molar-refractivity contribution in [2.45, 2.75) is 53.4 Å². The molecule has 1 aromatic heterocycles. The van der Waals surface area contributed by atoms with E-state index in [2.05, 4.69) is 49.5 Å². The minimum absolute atomic E-state index is 0.420. The normalized spacial score (nSPS) is 27.0. The summed E-state index contributed by atoms with van der Waals surface area (Å²) in [6, 6.07) is 0. The molecule has 0 spiro atoms. The van der Waals surface area contributed by atoms with Crippen LogP contribution in [0.1, 0.15) is 52.7 Å². The SMILES string of the molecule is CCNCC1CCC(C(C)(C)C)CC1Cc1cn(C)nn1. The summed E-state index contributed by atoms with van der Waals surface area (Å²) in [5.74, 6) is 2.35. The van der Waals surface area contributed by atoms with Crippen molar-refractivity contribution in [1.82, 2.24) is 20.3 Å². The summed E-state index contributed by atoms with van der Waals surface area (Å²) in [6.07, 6.45) is 7.20. The van der Waals surface area contributed by atoms with E-state index in [1.54, 1.807) is 0 Å². The van der Waals surface area contributed by atoms with Gasteiger partial charge in [-0.15, -0.1) is 5.10 Å². The van der Waals surface area contributed by atoms with E-state index < -0.39 is 0 Å². The van der Waals surface area contributed by atoms with Gasteiger partial charge in [0.15, 0.2) is 0 Å². The molecule has 1 fully saturated rings. The highest BCUT2D eigenvalue weighted by Gasteiger charge is 2.35. The lowest BCUT2D eigenvalue weighted by atomic mass is 9.64. The monoisotopic (exact) mass is 292 g/mol. The first-order chi connectivity index (χ1) is 9.90. The molecule has 1 N–H and O–H groups in total. The number of aromatic nitrogens is 3. The molecule has 1 heterocycles. The molecule has 120 valence electrons. The van der Waals surface area contributed by atoms with Crippen LogP contribution in [0.25, 0.3) is 0 Å².